The van der Waals surface area contributed by atoms with Crippen LogP contribution in [0, 0.1) is 0 Å². The minimum absolute atomic E-state index is 0.353. The SMILES string of the molecule is CC(C)n1cc(-c2nc3n(c2N)C(C)CCC3)cn1. The van der Waals surface area contributed by atoms with E-state index in [1.54, 1.807) is 0 Å². The Kier molecular flexibility index (Phi) is 2.84. The van der Waals surface area contributed by atoms with Crippen LogP contribution >= 0.6 is 0 Å². The average molecular weight is 259 g/mol. The summed E-state index contributed by atoms with van der Waals surface area (Å²) in [5, 5.41) is 4.37. The number of imidazole rings is 1. The van der Waals surface area contributed by atoms with Crippen molar-refractivity contribution in [1.82, 2.24) is 19.3 Å². The second kappa shape index (κ2) is 4.40. The van der Waals surface area contributed by atoms with Gasteiger partial charge in [0.2, 0.25) is 0 Å². The first-order chi connectivity index (χ1) is 9.08. The highest BCUT2D eigenvalue weighted by Crippen LogP contribution is 2.34. The zero-order valence-corrected chi connectivity index (χ0v) is 11.8. The summed E-state index contributed by atoms with van der Waals surface area (Å²) in [6.45, 7) is 6.43. The largest absolute Gasteiger partial charge is 0.383 e. The van der Waals surface area contributed by atoms with Crippen molar-refractivity contribution in [3.05, 3.63) is 18.2 Å². The van der Waals surface area contributed by atoms with Crippen LogP contribution in [-0.4, -0.2) is 19.3 Å². The number of anilines is 1. The lowest BCUT2D eigenvalue weighted by Crippen LogP contribution is -2.16. The molecule has 0 saturated heterocycles. The summed E-state index contributed by atoms with van der Waals surface area (Å²) in [5.74, 6) is 1.90. The summed E-state index contributed by atoms with van der Waals surface area (Å²) >= 11 is 0. The Bertz CT molecular complexity index is 593. The highest BCUT2D eigenvalue weighted by atomic mass is 15.3. The number of rotatable bonds is 2. The molecule has 2 aromatic rings. The first kappa shape index (κ1) is 12.3. The molecule has 1 atom stereocenters. The van der Waals surface area contributed by atoms with Crippen LogP contribution in [0.1, 0.15) is 51.5 Å². The van der Waals surface area contributed by atoms with Crippen molar-refractivity contribution in [3.8, 4) is 11.3 Å². The third kappa shape index (κ3) is 1.93. The van der Waals surface area contributed by atoms with E-state index in [1.165, 1.54) is 12.8 Å². The minimum atomic E-state index is 0.353. The molecule has 0 aromatic carbocycles. The standard InChI is InChI=1S/C14H21N5/c1-9(2)18-8-11(7-16-18)13-14(15)19-10(3)5-4-6-12(19)17-13/h7-10H,4-6,15H2,1-3H3. The number of aryl methyl sites for hydroxylation is 1. The number of aromatic nitrogens is 4. The highest BCUT2D eigenvalue weighted by Gasteiger charge is 2.23. The van der Waals surface area contributed by atoms with Crippen molar-refractivity contribution in [2.45, 2.75) is 52.1 Å². The summed E-state index contributed by atoms with van der Waals surface area (Å²) in [5.41, 5.74) is 8.19. The molecular weight excluding hydrogens is 238 g/mol. The highest BCUT2D eigenvalue weighted by molar-refractivity contribution is 5.70. The molecule has 0 aliphatic carbocycles. The van der Waals surface area contributed by atoms with Gasteiger partial charge in [0.25, 0.3) is 0 Å². The molecule has 0 saturated carbocycles. The topological polar surface area (TPSA) is 61.7 Å². The van der Waals surface area contributed by atoms with Crippen LogP contribution in [0.5, 0.6) is 0 Å². The van der Waals surface area contributed by atoms with Gasteiger partial charge in [-0.3, -0.25) is 4.68 Å². The van der Waals surface area contributed by atoms with Crippen molar-refractivity contribution in [2.24, 2.45) is 0 Å². The smallest absolute Gasteiger partial charge is 0.132 e. The van der Waals surface area contributed by atoms with Crippen LogP contribution in [0.2, 0.25) is 0 Å². The second-order valence-electron chi connectivity index (χ2n) is 5.68. The normalized spacial score (nSPS) is 18.8. The number of hydrogen-bond acceptors (Lipinski definition) is 3. The Hall–Kier alpha value is -1.78. The lowest BCUT2D eigenvalue weighted by molar-refractivity contribution is 0.430. The molecule has 0 spiro atoms. The molecule has 3 heterocycles. The van der Waals surface area contributed by atoms with E-state index in [4.69, 9.17) is 10.7 Å². The van der Waals surface area contributed by atoms with Gasteiger partial charge >= 0.3 is 0 Å². The maximum Gasteiger partial charge on any atom is 0.132 e. The van der Waals surface area contributed by atoms with Crippen LogP contribution in [0.15, 0.2) is 12.4 Å². The molecule has 2 N–H and O–H groups in total. The fraction of sp³-hybridized carbons (Fsp3) is 0.571. The summed E-state index contributed by atoms with van der Waals surface area (Å²) in [7, 11) is 0. The number of nitrogen functional groups attached to an aromatic ring is 1. The van der Waals surface area contributed by atoms with Gasteiger partial charge in [0, 0.05) is 30.3 Å². The van der Waals surface area contributed by atoms with Crippen molar-refractivity contribution < 1.29 is 0 Å². The van der Waals surface area contributed by atoms with Crippen LogP contribution in [-0.2, 0) is 6.42 Å². The monoisotopic (exact) mass is 259 g/mol. The van der Waals surface area contributed by atoms with Crippen molar-refractivity contribution >= 4 is 5.82 Å². The van der Waals surface area contributed by atoms with Gasteiger partial charge in [0.05, 0.1) is 6.20 Å². The van der Waals surface area contributed by atoms with Gasteiger partial charge in [-0.05, 0) is 33.6 Å². The molecular formula is C14H21N5. The molecule has 3 rings (SSSR count). The van der Waals surface area contributed by atoms with Crippen molar-refractivity contribution in [3.63, 3.8) is 0 Å². The Balaban J connectivity index is 2.05. The van der Waals surface area contributed by atoms with E-state index in [0.717, 1.165) is 29.3 Å². The zero-order chi connectivity index (χ0) is 13.6. The molecule has 2 aromatic heterocycles. The van der Waals surface area contributed by atoms with Crippen molar-refractivity contribution in [2.75, 3.05) is 5.73 Å². The molecule has 19 heavy (non-hydrogen) atoms. The van der Waals surface area contributed by atoms with Crippen LogP contribution in [0.3, 0.4) is 0 Å². The fourth-order valence-corrected chi connectivity index (χ4v) is 2.80. The first-order valence-electron chi connectivity index (χ1n) is 6.99. The maximum atomic E-state index is 6.30. The van der Waals surface area contributed by atoms with Gasteiger partial charge in [0.1, 0.15) is 17.3 Å². The molecule has 5 heteroatoms. The number of nitrogens with two attached hydrogens (primary N) is 1. The van der Waals surface area contributed by atoms with E-state index >= 15 is 0 Å². The molecule has 1 unspecified atom stereocenters. The summed E-state index contributed by atoms with van der Waals surface area (Å²) < 4.78 is 4.13. The van der Waals surface area contributed by atoms with Gasteiger partial charge in [0.15, 0.2) is 0 Å². The van der Waals surface area contributed by atoms with E-state index in [9.17, 15) is 0 Å². The Labute approximate surface area is 113 Å². The van der Waals surface area contributed by atoms with E-state index < -0.39 is 0 Å². The Morgan fingerprint density at radius 2 is 2.21 bits per heavy atom. The predicted molar refractivity (Wildman–Crippen MR) is 75.9 cm³/mol. The summed E-state index contributed by atoms with van der Waals surface area (Å²) in [6.07, 6.45) is 7.28. The lowest BCUT2D eigenvalue weighted by atomic mass is 10.1. The molecule has 0 bridgehead atoms. The average Bonchev–Trinajstić information content (AvgIpc) is 2.95. The van der Waals surface area contributed by atoms with Gasteiger partial charge in [-0.15, -0.1) is 0 Å². The predicted octanol–water partition coefficient (Wildman–Crippen LogP) is 2.81. The Morgan fingerprint density at radius 1 is 1.42 bits per heavy atom. The molecule has 0 radical (unpaired) electrons. The molecule has 0 fully saturated rings. The molecule has 1 aliphatic heterocycles. The number of fused-ring (bicyclic) bond motifs is 1. The van der Waals surface area contributed by atoms with E-state index in [-0.39, 0.29) is 0 Å². The maximum absolute atomic E-state index is 6.30. The van der Waals surface area contributed by atoms with E-state index in [0.29, 0.717) is 12.1 Å². The Morgan fingerprint density at radius 3 is 2.84 bits per heavy atom. The zero-order valence-electron chi connectivity index (χ0n) is 11.8. The van der Waals surface area contributed by atoms with Crippen LogP contribution in [0.4, 0.5) is 5.82 Å². The third-order valence-corrected chi connectivity index (χ3v) is 3.89. The summed E-state index contributed by atoms with van der Waals surface area (Å²) in [6, 6.07) is 0.802. The third-order valence-electron chi connectivity index (χ3n) is 3.89. The fourth-order valence-electron chi connectivity index (χ4n) is 2.80. The first-order valence-corrected chi connectivity index (χ1v) is 6.99. The van der Waals surface area contributed by atoms with Crippen molar-refractivity contribution in [1.29, 1.82) is 0 Å². The molecule has 1 aliphatic rings. The van der Waals surface area contributed by atoms with Crippen LogP contribution in [0.25, 0.3) is 11.3 Å². The molecule has 0 amide bonds. The van der Waals surface area contributed by atoms with Crippen LogP contribution < -0.4 is 5.73 Å². The number of nitrogens with zero attached hydrogens (tertiary/aromatic N) is 4. The molecule has 5 nitrogen and oxygen atoms in total. The van der Waals surface area contributed by atoms with Gasteiger partial charge in [-0.1, -0.05) is 0 Å². The van der Waals surface area contributed by atoms with E-state index in [1.807, 2.05) is 17.1 Å². The minimum Gasteiger partial charge on any atom is -0.383 e. The van der Waals surface area contributed by atoms with Gasteiger partial charge < -0.3 is 10.3 Å². The van der Waals surface area contributed by atoms with Gasteiger partial charge in [-0.2, -0.15) is 5.10 Å². The molecule has 102 valence electrons. The number of hydrogen-bond donors (Lipinski definition) is 1. The van der Waals surface area contributed by atoms with Gasteiger partial charge in [-0.25, -0.2) is 4.98 Å². The second-order valence-corrected chi connectivity index (χ2v) is 5.68. The van der Waals surface area contributed by atoms with E-state index in [2.05, 4.69) is 30.4 Å². The quantitative estimate of drug-likeness (QED) is 0.902. The lowest BCUT2D eigenvalue weighted by Gasteiger charge is -2.22. The summed E-state index contributed by atoms with van der Waals surface area (Å²) in [4.78, 5) is 4.73.